The molecule has 6 nitrogen and oxygen atoms in total. The Morgan fingerprint density at radius 3 is 2.71 bits per heavy atom. The molecule has 0 fully saturated rings. The standard InChI is InChI=1S/C11H14N2O4/c12-7-8-5-10(15)11(6-9(8)13)17-4-3-16-2-1-14/h5-6,14-15H,1-4,13H2. The summed E-state index contributed by atoms with van der Waals surface area (Å²) < 4.78 is 10.2. The molecule has 4 N–H and O–H groups in total. The van der Waals surface area contributed by atoms with Crippen LogP contribution in [0.2, 0.25) is 0 Å². The summed E-state index contributed by atoms with van der Waals surface area (Å²) in [5, 5.41) is 26.7. The number of ether oxygens (including phenoxy) is 2. The van der Waals surface area contributed by atoms with Gasteiger partial charge in [0.15, 0.2) is 11.5 Å². The van der Waals surface area contributed by atoms with Crippen molar-refractivity contribution in [1.29, 1.82) is 5.26 Å². The van der Waals surface area contributed by atoms with Crippen LogP contribution >= 0.6 is 0 Å². The third-order valence-electron chi connectivity index (χ3n) is 1.97. The van der Waals surface area contributed by atoms with Crippen LogP contribution in [-0.4, -0.2) is 36.6 Å². The van der Waals surface area contributed by atoms with Crippen molar-refractivity contribution in [2.24, 2.45) is 0 Å². The predicted octanol–water partition coefficient (Wildman–Crippen LogP) is 0.234. The summed E-state index contributed by atoms with van der Waals surface area (Å²) in [4.78, 5) is 0. The molecule has 1 aromatic carbocycles. The van der Waals surface area contributed by atoms with E-state index in [0.717, 1.165) is 0 Å². The lowest BCUT2D eigenvalue weighted by Crippen LogP contribution is -2.09. The van der Waals surface area contributed by atoms with E-state index in [0.29, 0.717) is 6.61 Å². The molecular weight excluding hydrogens is 224 g/mol. The molecule has 0 spiro atoms. The predicted molar refractivity (Wildman–Crippen MR) is 60.6 cm³/mol. The Kier molecular flexibility index (Phi) is 5.07. The largest absolute Gasteiger partial charge is 0.504 e. The van der Waals surface area contributed by atoms with Crippen LogP contribution in [0.3, 0.4) is 0 Å². The first kappa shape index (κ1) is 13.1. The van der Waals surface area contributed by atoms with Crippen LogP contribution in [0.5, 0.6) is 11.5 Å². The SMILES string of the molecule is N#Cc1cc(O)c(OCCOCCO)cc1N. The minimum Gasteiger partial charge on any atom is -0.504 e. The summed E-state index contributed by atoms with van der Waals surface area (Å²) >= 11 is 0. The molecule has 6 heteroatoms. The lowest BCUT2D eigenvalue weighted by molar-refractivity contribution is 0.0699. The van der Waals surface area contributed by atoms with Crippen molar-refractivity contribution in [3.63, 3.8) is 0 Å². The highest BCUT2D eigenvalue weighted by molar-refractivity contribution is 5.61. The molecular formula is C11H14N2O4. The lowest BCUT2D eigenvalue weighted by Gasteiger charge is -2.09. The molecule has 92 valence electrons. The number of anilines is 1. The van der Waals surface area contributed by atoms with E-state index in [1.807, 2.05) is 6.07 Å². The number of nitriles is 1. The molecule has 0 amide bonds. The van der Waals surface area contributed by atoms with E-state index >= 15 is 0 Å². The van der Waals surface area contributed by atoms with Gasteiger partial charge >= 0.3 is 0 Å². The van der Waals surface area contributed by atoms with Crippen molar-refractivity contribution in [2.75, 3.05) is 32.2 Å². The van der Waals surface area contributed by atoms with Gasteiger partial charge < -0.3 is 25.4 Å². The van der Waals surface area contributed by atoms with Crippen molar-refractivity contribution >= 4 is 5.69 Å². The van der Waals surface area contributed by atoms with Crippen molar-refractivity contribution in [1.82, 2.24) is 0 Å². The van der Waals surface area contributed by atoms with Gasteiger partial charge in [-0.15, -0.1) is 0 Å². The summed E-state index contributed by atoms with van der Waals surface area (Å²) in [5.74, 6) is 0.0620. The minimum absolute atomic E-state index is 0.0466. The summed E-state index contributed by atoms with van der Waals surface area (Å²) in [5.41, 5.74) is 6.02. The van der Waals surface area contributed by atoms with E-state index in [9.17, 15) is 5.11 Å². The number of nitrogens with zero attached hydrogens (tertiary/aromatic N) is 1. The van der Waals surface area contributed by atoms with Crippen LogP contribution in [0.15, 0.2) is 12.1 Å². The van der Waals surface area contributed by atoms with Gasteiger partial charge in [0.05, 0.1) is 31.1 Å². The monoisotopic (exact) mass is 238 g/mol. The Bertz CT molecular complexity index is 415. The van der Waals surface area contributed by atoms with Crippen molar-refractivity contribution in [3.05, 3.63) is 17.7 Å². The molecule has 0 aromatic heterocycles. The lowest BCUT2D eigenvalue weighted by atomic mass is 10.2. The topological polar surface area (TPSA) is 109 Å². The highest BCUT2D eigenvalue weighted by atomic mass is 16.5. The molecule has 0 bridgehead atoms. The number of nitrogen functional groups attached to an aromatic ring is 1. The van der Waals surface area contributed by atoms with Crippen LogP contribution < -0.4 is 10.5 Å². The Labute approximate surface area is 98.8 Å². The Balaban J connectivity index is 2.54. The smallest absolute Gasteiger partial charge is 0.163 e. The molecule has 0 saturated carbocycles. The van der Waals surface area contributed by atoms with Crippen LogP contribution in [0, 0.1) is 11.3 Å². The van der Waals surface area contributed by atoms with Gasteiger partial charge in [-0.2, -0.15) is 5.26 Å². The van der Waals surface area contributed by atoms with Crippen LogP contribution in [-0.2, 0) is 4.74 Å². The molecule has 17 heavy (non-hydrogen) atoms. The maximum Gasteiger partial charge on any atom is 0.163 e. The number of aliphatic hydroxyl groups excluding tert-OH is 1. The highest BCUT2D eigenvalue weighted by Gasteiger charge is 2.07. The summed E-state index contributed by atoms with van der Waals surface area (Å²) in [6.45, 7) is 0.707. The quantitative estimate of drug-likeness (QED) is 0.372. The van der Waals surface area contributed by atoms with Gasteiger partial charge in [0.2, 0.25) is 0 Å². The number of rotatable bonds is 6. The molecule has 0 atom stereocenters. The minimum atomic E-state index is -0.141. The second-order valence-electron chi connectivity index (χ2n) is 3.20. The third-order valence-corrected chi connectivity index (χ3v) is 1.97. The average Bonchev–Trinajstić information content (AvgIpc) is 2.32. The van der Waals surface area contributed by atoms with Crippen molar-refractivity contribution < 1.29 is 19.7 Å². The van der Waals surface area contributed by atoms with E-state index in [1.54, 1.807) is 0 Å². The molecule has 1 aromatic rings. The molecule has 0 aliphatic carbocycles. The Morgan fingerprint density at radius 2 is 2.06 bits per heavy atom. The zero-order valence-corrected chi connectivity index (χ0v) is 9.22. The average molecular weight is 238 g/mol. The first-order valence-corrected chi connectivity index (χ1v) is 5.03. The number of phenolic OH excluding ortho intramolecular Hbond substituents is 1. The zero-order chi connectivity index (χ0) is 12.7. The van der Waals surface area contributed by atoms with E-state index in [2.05, 4.69) is 0 Å². The molecule has 1 rings (SSSR count). The van der Waals surface area contributed by atoms with Crippen LogP contribution in [0.1, 0.15) is 5.56 Å². The number of hydrogen-bond acceptors (Lipinski definition) is 6. The maximum absolute atomic E-state index is 9.54. The summed E-state index contributed by atoms with van der Waals surface area (Å²) in [6.07, 6.45) is 0. The van der Waals surface area contributed by atoms with Gasteiger partial charge in [0.25, 0.3) is 0 Å². The number of nitrogens with two attached hydrogens (primary N) is 1. The van der Waals surface area contributed by atoms with E-state index in [1.165, 1.54) is 12.1 Å². The molecule has 0 aliphatic rings. The second kappa shape index (κ2) is 6.58. The fraction of sp³-hybridized carbons (Fsp3) is 0.364. The fourth-order valence-corrected chi connectivity index (χ4v) is 1.17. The van der Waals surface area contributed by atoms with E-state index in [-0.39, 0.29) is 42.6 Å². The van der Waals surface area contributed by atoms with Gasteiger partial charge in [-0.05, 0) is 0 Å². The molecule has 0 unspecified atom stereocenters. The van der Waals surface area contributed by atoms with E-state index < -0.39 is 0 Å². The van der Waals surface area contributed by atoms with Crippen molar-refractivity contribution in [2.45, 2.75) is 0 Å². The number of aliphatic hydroxyl groups is 1. The van der Waals surface area contributed by atoms with Gasteiger partial charge in [0, 0.05) is 12.1 Å². The highest BCUT2D eigenvalue weighted by Crippen LogP contribution is 2.30. The van der Waals surface area contributed by atoms with E-state index in [4.69, 9.17) is 25.6 Å². The molecule has 0 radical (unpaired) electrons. The fourth-order valence-electron chi connectivity index (χ4n) is 1.17. The summed E-state index contributed by atoms with van der Waals surface area (Å²) in [7, 11) is 0. The number of aromatic hydroxyl groups is 1. The Hall–Kier alpha value is -1.97. The van der Waals surface area contributed by atoms with Gasteiger partial charge in [-0.3, -0.25) is 0 Å². The van der Waals surface area contributed by atoms with Crippen molar-refractivity contribution in [3.8, 4) is 17.6 Å². The first-order valence-electron chi connectivity index (χ1n) is 5.03. The summed E-state index contributed by atoms with van der Waals surface area (Å²) in [6, 6.07) is 4.49. The third kappa shape index (κ3) is 3.83. The molecule has 0 heterocycles. The number of hydrogen-bond donors (Lipinski definition) is 3. The number of benzene rings is 1. The molecule has 0 saturated heterocycles. The van der Waals surface area contributed by atoms with Crippen LogP contribution in [0.25, 0.3) is 0 Å². The Morgan fingerprint density at radius 1 is 1.29 bits per heavy atom. The zero-order valence-electron chi connectivity index (χ0n) is 9.22. The second-order valence-corrected chi connectivity index (χ2v) is 3.20. The van der Waals surface area contributed by atoms with Gasteiger partial charge in [-0.1, -0.05) is 0 Å². The maximum atomic E-state index is 9.54. The normalized spacial score (nSPS) is 9.88. The number of phenols is 1. The first-order chi connectivity index (χ1) is 8.19. The van der Waals surface area contributed by atoms with Gasteiger partial charge in [0.1, 0.15) is 12.7 Å². The van der Waals surface area contributed by atoms with Gasteiger partial charge in [-0.25, -0.2) is 0 Å². The molecule has 0 aliphatic heterocycles. The van der Waals surface area contributed by atoms with Crippen LogP contribution in [0.4, 0.5) is 5.69 Å².